The smallest absolute Gasteiger partial charge is 0.280 e. The maximum Gasteiger partial charge on any atom is 0.280 e. The van der Waals surface area contributed by atoms with Gasteiger partial charge in [-0.2, -0.15) is 0 Å². The molecule has 1 amide bonds. The Balaban J connectivity index is 1.95. The summed E-state index contributed by atoms with van der Waals surface area (Å²) < 4.78 is 1.71. The van der Waals surface area contributed by atoms with Gasteiger partial charge in [0.05, 0.1) is 11.4 Å². The van der Waals surface area contributed by atoms with Gasteiger partial charge in [-0.15, -0.1) is 5.10 Å². The van der Waals surface area contributed by atoms with Crippen molar-refractivity contribution in [3.05, 3.63) is 71.0 Å². The lowest BCUT2D eigenvalue weighted by Gasteiger charge is -2.16. The van der Waals surface area contributed by atoms with Crippen LogP contribution < -0.4 is 4.90 Å². The Morgan fingerprint density at radius 1 is 1.00 bits per heavy atom. The quantitative estimate of drug-likeness (QED) is 0.742. The standard InChI is InChI=1S/C19H20N4O/c1-13-10-11-17(12-14(13)2)23-15(3)18(20-21-23)19(24)22(4)16-8-6-5-7-9-16/h5-12H,1-4H3. The van der Waals surface area contributed by atoms with Crippen molar-refractivity contribution in [1.29, 1.82) is 0 Å². The maximum atomic E-state index is 12.7. The highest BCUT2D eigenvalue weighted by molar-refractivity contribution is 6.05. The topological polar surface area (TPSA) is 51.0 Å². The van der Waals surface area contributed by atoms with E-state index in [4.69, 9.17) is 0 Å². The maximum absolute atomic E-state index is 12.7. The van der Waals surface area contributed by atoms with E-state index in [9.17, 15) is 4.79 Å². The van der Waals surface area contributed by atoms with Crippen LogP contribution in [0, 0.1) is 20.8 Å². The van der Waals surface area contributed by atoms with Gasteiger partial charge in [0.1, 0.15) is 0 Å². The number of amides is 1. The molecule has 0 atom stereocenters. The van der Waals surface area contributed by atoms with Crippen LogP contribution in [0.15, 0.2) is 48.5 Å². The molecule has 5 nitrogen and oxygen atoms in total. The molecule has 0 saturated heterocycles. The highest BCUT2D eigenvalue weighted by atomic mass is 16.2. The van der Waals surface area contributed by atoms with Crippen molar-refractivity contribution in [3.63, 3.8) is 0 Å². The lowest BCUT2D eigenvalue weighted by atomic mass is 10.1. The number of rotatable bonds is 3. The van der Waals surface area contributed by atoms with E-state index >= 15 is 0 Å². The molecule has 0 radical (unpaired) electrons. The summed E-state index contributed by atoms with van der Waals surface area (Å²) in [6.45, 7) is 5.98. The van der Waals surface area contributed by atoms with Crippen LogP contribution in [0.3, 0.4) is 0 Å². The molecule has 0 N–H and O–H groups in total. The molecule has 0 fully saturated rings. The zero-order chi connectivity index (χ0) is 17.3. The normalized spacial score (nSPS) is 10.7. The van der Waals surface area contributed by atoms with Gasteiger partial charge in [-0.3, -0.25) is 4.79 Å². The van der Waals surface area contributed by atoms with Gasteiger partial charge >= 0.3 is 0 Å². The SMILES string of the molecule is Cc1ccc(-n2nnc(C(=O)N(C)c3ccccc3)c2C)cc1C. The van der Waals surface area contributed by atoms with Crippen molar-refractivity contribution in [1.82, 2.24) is 15.0 Å². The van der Waals surface area contributed by atoms with Crippen LogP contribution in [-0.4, -0.2) is 27.9 Å². The number of carbonyl (C=O) groups is 1. The number of aryl methyl sites for hydroxylation is 2. The number of hydrogen-bond acceptors (Lipinski definition) is 3. The van der Waals surface area contributed by atoms with Gasteiger partial charge in [0.2, 0.25) is 0 Å². The average Bonchev–Trinajstić information content (AvgIpc) is 2.98. The highest BCUT2D eigenvalue weighted by Gasteiger charge is 2.21. The van der Waals surface area contributed by atoms with Crippen LogP contribution in [0.2, 0.25) is 0 Å². The van der Waals surface area contributed by atoms with Crippen molar-refractivity contribution < 1.29 is 4.79 Å². The lowest BCUT2D eigenvalue weighted by molar-refractivity contribution is 0.0987. The first-order valence-electron chi connectivity index (χ1n) is 7.82. The Hall–Kier alpha value is -2.95. The van der Waals surface area contributed by atoms with Gasteiger partial charge in [-0.1, -0.05) is 29.5 Å². The van der Waals surface area contributed by atoms with Gasteiger partial charge < -0.3 is 4.90 Å². The van der Waals surface area contributed by atoms with E-state index in [1.165, 1.54) is 11.1 Å². The fraction of sp³-hybridized carbons (Fsp3) is 0.211. The van der Waals surface area contributed by atoms with E-state index < -0.39 is 0 Å². The summed E-state index contributed by atoms with van der Waals surface area (Å²) in [5.41, 5.74) is 5.21. The molecule has 24 heavy (non-hydrogen) atoms. The Bertz CT molecular complexity index is 884. The Kier molecular flexibility index (Phi) is 4.16. The second-order valence-corrected chi connectivity index (χ2v) is 5.90. The number of benzene rings is 2. The number of para-hydroxylation sites is 1. The molecular weight excluding hydrogens is 300 g/mol. The predicted octanol–water partition coefficient (Wildman–Crippen LogP) is 3.47. The lowest BCUT2D eigenvalue weighted by Crippen LogP contribution is -2.27. The average molecular weight is 320 g/mol. The molecule has 1 heterocycles. The van der Waals surface area contributed by atoms with Crippen LogP contribution in [0.5, 0.6) is 0 Å². The fourth-order valence-electron chi connectivity index (χ4n) is 2.56. The summed E-state index contributed by atoms with van der Waals surface area (Å²) >= 11 is 0. The van der Waals surface area contributed by atoms with Gasteiger partial charge in [0, 0.05) is 12.7 Å². The number of anilines is 1. The molecule has 1 aromatic heterocycles. The van der Waals surface area contributed by atoms with Crippen molar-refractivity contribution in [2.75, 3.05) is 11.9 Å². The van der Waals surface area contributed by atoms with Gasteiger partial charge in [-0.25, -0.2) is 4.68 Å². The van der Waals surface area contributed by atoms with E-state index in [-0.39, 0.29) is 5.91 Å². The number of hydrogen-bond donors (Lipinski definition) is 0. The van der Waals surface area contributed by atoms with E-state index in [0.717, 1.165) is 17.1 Å². The zero-order valence-electron chi connectivity index (χ0n) is 14.3. The molecule has 122 valence electrons. The minimum Gasteiger partial charge on any atom is -0.310 e. The minimum atomic E-state index is -0.172. The molecule has 0 saturated carbocycles. The Labute approximate surface area is 141 Å². The Morgan fingerprint density at radius 3 is 2.38 bits per heavy atom. The molecule has 0 aliphatic rings. The largest absolute Gasteiger partial charge is 0.310 e. The van der Waals surface area contributed by atoms with Crippen molar-refractivity contribution >= 4 is 11.6 Å². The first kappa shape index (κ1) is 15.9. The summed E-state index contributed by atoms with van der Waals surface area (Å²) in [6.07, 6.45) is 0. The summed E-state index contributed by atoms with van der Waals surface area (Å²) in [6, 6.07) is 15.6. The number of aromatic nitrogens is 3. The van der Waals surface area contributed by atoms with Crippen molar-refractivity contribution in [2.24, 2.45) is 0 Å². The van der Waals surface area contributed by atoms with Gasteiger partial charge in [0.25, 0.3) is 5.91 Å². The second-order valence-electron chi connectivity index (χ2n) is 5.90. The fourth-order valence-corrected chi connectivity index (χ4v) is 2.56. The molecule has 3 aromatic rings. The molecule has 0 aliphatic heterocycles. The van der Waals surface area contributed by atoms with Crippen molar-refractivity contribution in [2.45, 2.75) is 20.8 Å². The highest BCUT2D eigenvalue weighted by Crippen LogP contribution is 2.19. The summed E-state index contributed by atoms with van der Waals surface area (Å²) in [4.78, 5) is 14.3. The van der Waals surface area contributed by atoms with Gasteiger partial charge in [-0.05, 0) is 56.2 Å². The number of carbonyl (C=O) groups excluding carboxylic acids is 1. The molecule has 0 bridgehead atoms. The third-order valence-corrected chi connectivity index (χ3v) is 4.28. The molecule has 0 aliphatic carbocycles. The second kappa shape index (κ2) is 6.28. The van der Waals surface area contributed by atoms with Crippen LogP contribution >= 0.6 is 0 Å². The molecular formula is C19H20N4O. The zero-order valence-corrected chi connectivity index (χ0v) is 14.3. The van der Waals surface area contributed by atoms with Crippen LogP contribution in [0.1, 0.15) is 27.3 Å². The number of nitrogens with zero attached hydrogens (tertiary/aromatic N) is 4. The third-order valence-electron chi connectivity index (χ3n) is 4.28. The van der Waals surface area contributed by atoms with E-state index in [1.54, 1.807) is 16.6 Å². The summed E-state index contributed by atoms with van der Waals surface area (Å²) in [5.74, 6) is -0.172. The summed E-state index contributed by atoms with van der Waals surface area (Å²) in [7, 11) is 1.74. The monoisotopic (exact) mass is 320 g/mol. The first-order chi connectivity index (χ1) is 11.5. The molecule has 5 heteroatoms. The first-order valence-corrected chi connectivity index (χ1v) is 7.82. The molecule has 0 spiro atoms. The predicted molar refractivity (Wildman–Crippen MR) is 94.7 cm³/mol. The van der Waals surface area contributed by atoms with E-state index in [2.05, 4.69) is 24.2 Å². The summed E-state index contributed by atoms with van der Waals surface area (Å²) in [5, 5.41) is 8.29. The van der Waals surface area contributed by atoms with Crippen molar-refractivity contribution in [3.8, 4) is 5.69 Å². The molecule has 0 unspecified atom stereocenters. The molecule has 2 aromatic carbocycles. The third kappa shape index (κ3) is 2.80. The van der Waals surface area contributed by atoms with E-state index in [0.29, 0.717) is 5.69 Å². The molecule has 3 rings (SSSR count). The minimum absolute atomic E-state index is 0.172. The van der Waals surface area contributed by atoms with Crippen LogP contribution in [-0.2, 0) is 0 Å². The van der Waals surface area contributed by atoms with Crippen LogP contribution in [0.25, 0.3) is 5.69 Å². The van der Waals surface area contributed by atoms with Gasteiger partial charge in [0.15, 0.2) is 5.69 Å². The van der Waals surface area contributed by atoms with E-state index in [1.807, 2.05) is 55.5 Å². The van der Waals surface area contributed by atoms with Crippen LogP contribution in [0.4, 0.5) is 5.69 Å². The Morgan fingerprint density at radius 2 is 1.71 bits per heavy atom.